The van der Waals surface area contributed by atoms with Gasteiger partial charge in [-0.25, -0.2) is 9.13 Å². The first-order chi connectivity index (χ1) is 42.1. The van der Waals surface area contributed by atoms with E-state index in [0.717, 1.165) is 114 Å². The fraction of sp³-hybridized carbons (Fsp3) is 0.942. The Morgan fingerprint density at radius 3 is 0.807 bits per heavy atom. The van der Waals surface area contributed by atoms with Crippen molar-refractivity contribution in [3.63, 3.8) is 0 Å². The number of phosphoric acid groups is 2. The van der Waals surface area contributed by atoms with E-state index in [1.807, 2.05) is 0 Å². The van der Waals surface area contributed by atoms with Crippen LogP contribution in [-0.2, 0) is 65.4 Å². The van der Waals surface area contributed by atoms with Crippen LogP contribution in [0.15, 0.2) is 0 Å². The number of aliphatic hydroxyl groups excluding tert-OH is 1. The van der Waals surface area contributed by atoms with Crippen molar-refractivity contribution < 1.29 is 80.2 Å². The third-order valence-corrected chi connectivity index (χ3v) is 18.1. The minimum absolute atomic E-state index is 0.104. The molecule has 19 heteroatoms. The van der Waals surface area contributed by atoms with Gasteiger partial charge in [-0.3, -0.25) is 37.3 Å². The highest BCUT2D eigenvalue weighted by atomic mass is 31.2. The van der Waals surface area contributed by atoms with Crippen molar-refractivity contribution in [1.82, 2.24) is 0 Å². The summed E-state index contributed by atoms with van der Waals surface area (Å²) >= 11 is 0. The van der Waals surface area contributed by atoms with Gasteiger partial charge in [0.2, 0.25) is 0 Å². The van der Waals surface area contributed by atoms with Crippen LogP contribution in [-0.4, -0.2) is 96.7 Å². The number of carbonyl (C=O) groups excluding carboxylic acids is 4. The number of rotatable bonds is 66. The smallest absolute Gasteiger partial charge is 0.462 e. The summed E-state index contributed by atoms with van der Waals surface area (Å²) in [5.41, 5.74) is 0. The molecule has 0 rings (SSSR count). The van der Waals surface area contributed by atoms with Gasteiger partial charge >= 0.3 is 39.5 Å². The van der Waals surface area contributed by atoms with Crippen LogP contribution in [0.3, 0.4) is 0 Å². The van der Waals surface area contributed by atoms with E-state index in [1.165, 1.54) is 135 Å². The van der Waals surface area contributed by atoms with Crippen LogP contribution >= 0.6 is 15.6 Å². The molecule has 0 saturated heterocycles. The van der Waals surface area contributed by atoms with Crippen molar-refractivity contribution in [1.29, 1.82) is 0 Å². The summed E-state index contributed by atoms with van der Waals surface area (Å²) < 4.78 is 68.2. The molecular formula is C69H134O17P2. The number of hydrogen-bond acceptors (Lipinski definition) is 15. The van der Waals surface area contributed by atoms with E-state index < -0.39 is 97.5 Å². The van der Waals surface area contributed by atoms with Gasteiger partial charge in [-0.1, -0.05) is 287 Å². The second-order valence-electron chi connectivity index (χ2n) is 26.6. The molecule has 17 nitrogen and oxygen atoms in total. The Labute approximate surface area is 537 Å². The van der Waals surface area contributed by atoms with Crippen molar-refractivity contribution in [2.24, 2.45) is 23.7 Å². The van der Waals surface area contributed by atoms with E-state index in [-0.39, 0.29) is 25.7 Å². The predicted octanol–water partition coefficient (Wildman–Crippen LogP) is 19.3. The Morgan fingerprint density at radius 1 is 0.318 bits per heavy atom. The average molecular weight is 1300 g/mol. The fourth-order valence-electron chi connectivity index (χ4n) is 10.3. The molecule has 0 aliphatic carbocycles. The van der Waals surface area contributed by atoms with Gasteiger partial charge in [0.15, 0.2) is 12.2 Å². The third-order valence-electron chi connectivity index (χ3n) is 16.2. The molecule has 0 aromatic heterocycles. The molecule has 522 valence electrons. The van der Waals surface area contributed by atoms with E-state index in [1.54, 1.807) is 0 Å². The summed E-state index contributed by atoms with van der Waals surface area (Å²) in [5, 5.41) is 10.6. The summed E-state index contributed by atoms with van der Waals surface area (Å²) in [5.74, 6) is 0.833. The first kappa shape index (κ1) is 86.1. The first-order valence-corrected chi connectivity index (χ1v) is 38.7. The van der Waals surface area contributed by atoms with Crippen LogP contribution in [0.5, 0.6) is 0 Å². The Bertz CT molecular complexity index is 1750. The Balaban J connectivity index is 5.25. The van der Waals surface area contributed by atoms with Gasteiger partial charge in [-0.15, -0.1) is 0 Å². The van der Waals surface area contributed by atoms with Gasteiger partial charge in [0.25, 0.3) is 0 Å². The SMILES string of the molecule is CCC(C)CCCCCCCCCCC(=O)O[C@H](COC(=O)CCCCCCCCCCCCCCC(C)C)COP(=O)(O)OC[C@@H](O)COP(=O)(O)OC[C@@H](COC(=O)CCCCCCCCC(C)C)OC(=O)CCCCCCCCCCCC(C)C. The quantitative estimate of drug-likeness (QED) is 0.0222. The first-order valence-electron chi connectivity index (χ1n) is 35.7. The van der Waals surface area contributed by atoms with Gasteiger partial charge < -0.3 is 33.8 Å². The molecule has 0 aromatic rings. The lowest BCUT2D eigenvalue weighted by Crippen LogP contribution is -2.30. The zero-order chi connectivity index (χ0) is 65.4. The normalized spacial score (nSPS) is 14.6. The lowest BCUT2D eigenvalue weighted by Gasteiger charge is -2.21. The molecule has 0 bridgehead atoms. The summed E-state index contributed by atoms with van der Waals surface area (Å²) in [4.78, 5) is 72.5. The molecule has 88 heavy (non-hydrogen) atoms. The van der Waals surface area contributed by atoms with E-state index in [2.05, 4.69) is 55.4 Å². The maximum atomic E-state index is 13.0. The van der Waals surface area contributed by atoms with Crippen molar-refractivity contribution in [3.05, 3.63) is 0 Å². The highest BCUT2D eigenvalue weighted by Crippen LogP contribution is 2.45. The molecule has 0 aliphatic heterocycles. The maximum absolute atomic E-state index is 13.0. The fourth-order valence-corrected chi connectivity index (χ4v) is 11.9. The molecule has 0 heterocycles. The summed E-state index contributed by atoms with van der Waals surface area (Å²) in [6, 6.07) is 0. The molecule has 3 unspecified atom stereocenters. The second kappa shape index (κ2) is 58.8. The van der Waals surface area contributed by atoms with Crippen LogP contribution in [0.2, 0.25) is 0 Å². The van der Waals surface area contributed by atoms with E-state index >= 15 is 0 Å². The van der Waals surface area contributed by atoms with Gasteiger partial charge in [0, 0.05) is 25.7 Å². The summed E-state index contributed by atoms with van der Waals surface area (Å²) in [6.07, 6.45) is 40.4. The number of ether oxygens (including phenoxy) is 4. The van der Waals surface area contributed by atoms with E-state index in [0.29, 0.717) is 31.6 Å². The number of hydrogen-bond donors (Lipinski definition) is 3. The van der Waals surface area contributed by atoms with Crippen LogP contribution in [0.25, 0.3) is 0 Å². The number of unbranched alkanes of at least 4 members (excludes halogenated alkanes) is 31. The zero-order valence-electron chi connectivity index (χ0n) is 57.3. The largest absolute Gasteiger partial charge is 0.472 e. The number of aliphatic hydroxyl groups is 1. The third kappa shape index (κ3) is 61.6. The van der Waals surface area contributed by atoms with Gasteiger partial charge in [0.1, 0.15) is 19.3 Å². The van der Waals surface area contributed by atoms with Crippen LogP contribution in [0.1, 0.15) is 338 Å². The highest BCUT2D eigenvalue weighted by Gasteiger charge is 2.30. The lowest BCUT2D eigenvalue weighted by atomic mass is 9.99. The number of carbonyl (C=O) groups is 4. The zero-order valence-corrected chi connectivity index (χ0v) is 59.1. The molecule has 6 atom stereocenters. The Kier molecular flexibility index (Phi) is 57.6. The molecule has 0 amide bonds. The molecular weight excluding hydrogens is 1160 g/mol. The summed E-state index contributed by atoms with van der Waals surface area (Å²) in [7, 11) is -9.90. The van der Waals surface area contributed by atoms with E-state index in [9.17, 15) is 43.2 Å². The molecule has 3 N–H and O–H groups in total. The van der Waals surface area contributed by atoms with Gasteiger partial charge in [-0.05, 0) is 49.4 Å². The minimum atomic E-state index is -4.95. The Morgan fingerprint density at radius 2 is 0.545 bits per heavy atom. The maximum Gasteiger partial charge on any atom is 0.472 e. The molecule has 0 aliphatic rings. The van der Waals surface area contributed by atoms with E-state index in [4.69, 9.17) is 37.0 Å². The van der Waals surface area contributed by atoms with Gasteiger partial charge in [0.05, 0.1) is 26.4 Å². The lowest BCUT2D eigenvalue weighted by molar-refractivity contribution is -0.161. The predicted molar refractivity (Wildman–Crippen MR) is 354 cm³/mol. The van der Waals surface area contributed by atoms with Gasteiger partial charge in [-0.2, -0.15) is 0 Å². The van der Waals surface area contributed by atoms with Crippen LogP contribution < -0.4 is 0 Å². The number of esters is 4. The monoisotopic (exact) mass is 1300 g/mol. The summed E-state index contributed by atoms with van der Waals surface area (Å²) in [6.45, 7) is 14.0. The second-order valence-corrected chi connectivity index (χ2v) is 29.5. The average Bonchev–Trinajstić information content (AvgIpc) is 3.53. The molecule has 0 fully saturated rings. The molecule has 0 spiro atoms. The van der Waals surface area contributed by atoms with Crippen molar-refractivity contribution in [2.45, 2.75) is 356 Å². The van der Waals surface area contributed by atoms with Crippen LogP contribution in [0.4, 0.5) is 0 Å². The number of phosphoric ester groups is 2. The van der Waals surface area contributed by atoms with Crippen molar-refractivity contribution >= 4 is 39.5 Å². The van der Waals surface area contributed by atoms with Crippen molar-refractivity contribution in [2.75, 3.05) is 39.6 Å². The highest BCUT2D eigenvalue weighted by molar-refractivity contribution is 7.47. The Hall–Kier alpha value is -1.94. The molecule has 0 aromatic carbocycles. The van der Waals surface area contributed by atoms with Crippen molar-refractivity contribution in [3.8, 4) is 0 Å². The van der Waals surface area contributed by atoms with Crippen LogP contribution in [0, 0.1) is 23.7 Å². The molecule has 0 saturated carbocycles. The molecule has 0 radical (unpaired) electrons. The topological polar surface area (TPSA) is 237 Å². The standard InChI is InChI=1S/C69H134O17P2/c1-9-62(8)48-40-32-23-19-20-26-36-44-52-69(74)86-64(55-79-66(71)49-41-33-24-17-13-11-10-12-15-21-29-37-45-59(2)3)57-83-87(75,76)81-53-63(70)54-82-88(77,78)84-58-65(56-80-67(72)50-42-34-28-27-31-39-47-61(6)7)85-68(73)51-43-35-25-18-14-16-22-30-38-46-60(4)5/h59-65,70H,9-58H2,1-8H3,(H,75,76)(H,77,78)/t62?,63-,64-,65-/m1/s1. The minimum Gasteiger partial charge on any atom is -0.462 e.